The number of likely N-dealkylation sites (tertiary alicyclic amines) is 1. The van der Waals surface area contributed by atoms with Crippen LogP contribution < -0.4 is 0 Å². The van der Waals surface area contributed by atoms with Crippen molar-refractivity contribution in [2.24, 2.45) is 5.92 Å². The summed E-state index contributed by atoms with van der Waals surface area (Å²) in [5, 5.41) is 8.94. The molecule has 2 rings (SSSR count). The Kier molecular flexibility index (Phi) is 5.04. The Morgan fingerprint density at radius 2 is 1.95 bits per heavy atom. The maximum absolute atomic E-state index is 12.6. The normalized spacial score (nSPS) is 25.7. The van der Waals surface area contributed by atoms with Gasteiger partial charge in [0.05, 0.1) is 0 Å². The molecule has 2 atom stereocenters. The second-order valence-electron chi connectivity index (χ2n) is 5.79. The van der Waals surface area contributed by atoms with Gasteiger partial charge in [0.15, 0.2) is 0 Å². The summed E-state index contributed by atoms with van der Waals surface area (Å²) in [5.41, 5.74) is 0. The molecule has 0 radical (unpaired) electrons. The zero-order valence-corrected chi connectivity index (χ0v) is 12.0. The molecule has 0 aromatic carbocycles. The van der Waals surface area contributed by atoms with E-state index >= 15 is 0 Å². The number of rotatable bonds is 4. The van der Waals surface area contributed by atoms with Crippen LogP contribution in [0.4, 0.5) is 4.79 Å². The van der Waals surface area contributed by atoms with Gasteiger partial charge in [-0.2, -0.15) is 0 Å². The number of piperidine rings is 1. The summed E-state index contributed by atoms with van der Waals surface area (Å²) in [5.74, 6) is -0.366. The SMILES string of the molecule is C=CCN(CC(=O)O)C(=O)N1CCC[C@H]2CCCC[C@H]21. The topological polar surface area (TPSA) is 60.9 Å². The molecule has 0 bridgehead atoms. The van der Waals surface area contributed by atoms with E-state index in [1.165, 1.54) is 30.6 Å². The highest BCUT2D eigenvalue weighted by atomic mass is 16.4. The molecular formula is C15H24N2O3. The monoisotopic (exact) mass is 280 g/mol. The number of hydrogen-bond donors (Lipinski definition) is 1. The fourth-order valence-corrected chi connectivity index (χ4v) is 3.57. The van der Waals surface area contributed by atoms with Crippen molar-refractivity contribution in [2.75, 3.05) is 19.6 Å². The Morgan fingerprint density at radius 3 is 2.65 bits per heavy atom. The number of carboxylic acids is 1. The highest BCUT2D eigenvalue weighted by Gasteiger charge is 2.37. The highest BCUT2D eigenvalue weighted by Crippen LogP contribution is 2.35. The van der Waals surface area contributed by atoms with Gasteiger partial charge in [-0.3, -0.25) is 4.79 Å². The molecule has 1 saturated heterocycles. The number of urea groups is 1. The molecule has 5 heteroatoms. The molecule has 0 unspecified atom stereocenters. The third-order valence-corrected chi connectivity index (χ3v) is 4.44. The second-order valence-corrected chi connectivity index (χ2v) is 5.79. The standard InChI is InChI=1S/C15H24N2O3/c1-2-9-16(11-14(18)19)15(20)17-10-5-7-12-6-3-4-8-13(12)17/h2,12-13H,1,3-11H2,(H,18,19)/t12-,13-/m1/s1. The zero-order chi connectivity index (χ0) is 14.5. The van der Waals surface area contributed by atoms with Crippen LogP contribution in [0.3, 0.4) is 0 Å². The molecule has 1 N–H and O–H groups in total. The molecule has 1 aliphatic heterocycles. The molecule has 1 aliphatic carbocycles. The molecule has 2 aliphatic rings. The third kappa shape index (κ3) is 3.32. The summed E-state index contributed by atoms with van der Waals surface area (Å²) < 4.78 is 0. The Hall–Kier alpha value is -1.52. The number of amides is 2. The first-order valence-electron chi connectivity index (χ1n) is 7.51. The van der Waals surface area contributed by atoms with Gasteiger partial charge in [0.1, 0.15) is 6.54 Å². The number of carboxylic acid groups (broad SMARTS) is 1. The van der Waals surface area contributed by atoms with Gasteiger partial charge in [-0.1, -0.05) is 18.9 Å². The number of aliphatic carboxylic acids is 1. The van der Waals surface area contributed by atoms with Crippen molar-refractivity contribution in [1.29, 1.82) is 0 Å². The maximum atomic E-state index is 12.6. The summed E-state index contributed by atoms with van der Waals surface area (Å²) in [7, 11) is 0. The minimum absolute atomic E-state index is 0.135. The first-order valence-corrected chi connectivity index (χ1v) is 7.51. The predicted molar refractivity (Wildman–Crippen MR) is 76.5 cm³/mol. The molecular weight excluding hydrogens is 256 g/mol. The van der Waals surface area contributed by atoms with Crippen LogP contribution in [0.15, 0.2) is 12.7 Å². The molecule has 0 aromatic heterocycles. The number of fused-ring (bicyclic) bond motifs is 1. The quantitative estimate of drug-likeness (QED) is 0.804. The second kappa shape index (κ2) is 6.77. The van der Waals surface area contributed by atoms with Crippen LogP contribution in [-0.2, 0) is 4.79 Å². The smallest absolute Gasteiger partial charge is 0.323 e. The predicted octanol–water partition coefficient (Wildman–Crippen LogP) is 2.33. The fraction of sp³-hybridized carbons (Fsp3) is 0.733. The van der Waals surface area contributed by atoms with Crippen LogP contribution >= 0.6 is 0 Å². The highest BCUT2D eigenvalue weighted by molar-refractivity contribution is 5.80. The summed E-state index contributed by atoms with van der Waals surface area (Å²) in [6.07, 6.45) is 8.51. The van der Waals surface area contributed by atoms with Gasteiger partial charge in [0.25, 0.3) is 0 Å². The van der Waals surface area contributed by atoms with E-state index in [2.05, 4.69) is 6.58 Å². The minimum atomic E-state index is -0.975. The summed E-state index contributed by atoms with van der Waals surface area (Å²) in [6.45, 7) is 4.41. The Balaban J connectivity index is 2.07. The van der Waals surface area contributed by atoms with E-state index in [1.54, 1.807) is 6.08 Å². The van der Waals surface area contributed by atoms with E-state index in [-0.39, 0.29) is 12.6 Å². The van der Waals surface area contributed by atoms with Crippen LogP contribution in [0.2, 0.25) is 0 Å². The third-order valence-electron chi connectivity index (χ3n) is 4.44. The molecule has 20 heavy (non-hydrogen) atoms. The van der Waals surface area contributed by atoms with Crippen molar-refractivity contribution in [3.8, 4) is 0 Å². The van der Waals surface area contributed by atoms with Gasteiger partial charge in [0.2, 0.25) is 0 Å². The van der Waals surface area contributed by atoms with Crippen molar-refractivity contribution in [3.05, 3.63) is 12.7 Å². The van der Waals surface area contributed by atoms with E-state index in [0.29, 0.717) is 18.5 Å². The lowest BCUT2D eigenvalue weighted by Gasteiger charge is -2.45. The maximum Gasteiger partial charge on any atom is 0.323 e. The van der Waals surface area contributed by atoms with Crippen LogP contribution in [0.5, 0.6) is 0 Å². The van der Waals surface area contributed by atoms with Gasteiger partial charge < -0.3 is 14.9 Å². The first kappa shape index (κ1) is 14.9. The minimum Gasteiger partial charge on any atom is -0.480 e. The van der Waals surface area contributed by atoms with Gasteiger partial charge >= 0.3 is 12.0 Å². The lowest BCUT2D eigenvalue weighted by atomic mass is 9.78. The number of nitrogens with zero attached hydrogens (tertiary/aromatic N) is 2. The molecule has 1 heterocycles. The van der Waals surface area contributed by atoms with E-state index in [9.17, 15) is 9.59 Å². The van der Waals surface area contributed by atoms with Gasteiger partial charge in [-0.05, 0) is 31.6 Å². The zero-order valence-electron chi connectivity index (χ0n) is 12.0. The lowest BCUT2D eigenvalue weighted by Crippen LogP contribution is -2.55. The van der Waals surface area contributed by atoms with Crippen molar-refractivity contribution in [2.45, 2.75) is 44.6 Å². The van der Waals surface area contributed by atoms with Crippen LogP contribution in [0, 0.1) is 5.92 Å². The van der Waals surface area contributed by atoms with Crippen molar-refractivity contribution in [1.82, 2.24) is 9.80 Å². The number of carbonyl (C=O) groups is 2. The fourth-order valence-electron chi connectivity index (χ4n) is 3.57. The molecule has 1 saturated carbocycles. The van der Waals surface area contributed by atoms with Crippen molar-refractivity contribution < 1.29 is 14.7 Å². The number of hydrogen-bond acceptors (Lipinski definition) is 2. The molecule has 5 nitrogen and oxygen atoms in total. The molecule has 0 spiro atoms. The Morgan fingerprint density at radius 1 is 1.25 bits per heavy atom. The van der Waals surface area contributed by atoms with Crippen molar-refractivity contribution in [3.63, 3.8) is 0 Å². The Labute approximate surface area is 120 Å². The molecule has 2 amide bonds. The Bertz CT molecular complexity index is 381. The van der Waals surface area contributed by atoms with Gasteiger partial charge in [0, 0.05) is 19.1 Å². The van der Waals surface area contributed by atoms with E-state index < -0.39 is 5.97 Å². The van der Waals surface area contributed by atoms with E-state index in [1.807, 2.05) is 4.90 Å². The van der Waals surface area contributed by atoms with Gasteiger partial charge in [-0.25, -0.2) is 4.79 Å². The lowest BCUT2D eigenvalue weighted by molar-refractivity contribution is -0.137. The first-order chi connectivity index (χ1) is 9.63. The summed E-state index contributed by atoms with van der Waals surface area (Å²) >= 11 is 0. The largest absolute Gasteiger partial charge is 0.480 e. The van der Waals surface area contributed by atoms with E-state index in [4.69, 9.17) is 5.11 Å². The molecule has 0 aromatic rings. The summed E-state index contributed by atoms with van der Waals surface area (Å²) in [6, 6.07) is 0.176. The van der Waals surface area contributed by atoms with E-state index in [0.717, 1.165) is 19.4 Å². The van der Waals surface area contributed by atoms with Crippen molar-refractivity contribution >= 4 is 12.0 Å². The molecule has 2 fully saturated rings. The van der Waals surface area contributed by atoms with Gasteiger partial charge in [-0.15, -0.1) is 6.58 Å². The number of carbonyl (C=O) groups excluding carboxylic acids is 1. The van der Waals surface area contributed by atoms with Crippen LogP contribution in [0.25, 0.3) is 0 Å². The van der Waals surface area contributed by atoms with Crippen LogP contribution in [0.1, 0.15) is 38.5 Å². The summed E-state index contributed by atoms with van der Waals surface area (Å²) in [4.78, 5) is 26.8. The van der Waals surface area contributed by atoms with Crippen LogP contribution in [-0.4, -0.2) is 52.6 Å². The average molecular weight is 280 g/mol. The molecule has 112 valence electrons. The average Bonchev–Trinajstić information content (AvgIpc) is 2.45.